The Hall–Kier alpha value is -1.04. The molecule has 2 unspecified atom stereocenters. The van der Waals surface area contributed by atoms with Gasteiger partial charge in [0.05, 0.1) is 5.75 Å². The van der Waals surface area contributed by atoms with Gasteiger partial charge in [0.2, 0.25) is 11.8 Å². The number of likely N-dealkylation sites (tertiary alicyclic amines) is 1. The van der Waals surface area contributed by atoms with Crippen molar-refractivity contribution in [2.24, 2.45) is 0 Å². The van der Waals surface area contributed by atoms with Gasteiger partial charge < -0.3 is 9.32 Å². The van der Waals surface area contributed by atoms with E-state index in [9.17, 15) is 4.79 Å². The molecule has 0 bridgehead atoms. The van der Waals surface area contributed by atoms with Crippen LogP contribution in [0.3, 0.4) is 0 Å². The highest BCUT2D eigenvalue weighted by Crippen LogP contribution is 2.33. The minimum Gasteiger partial charge on any atom is -0.416 e. The number of carbonyl (C=O) groups excluding carboxylic acids is 1. The van der Waals surface area contributed by atoms with Gasteiger partial charge in [0.15, 0.2) is 0 Å². The summed E-state index contributed by atoms with van der Waals surface area (Å²) in [5.41, 5.74) is 0. The molecule has 1 aromatic heterocycles. The van der Waals surface area contributed by atoms with E-state index in [1.54, 1.807) is 0 Å². The Balaban J connectivity index is 1.53. The third-order valence-electron chi connectivity index (χ3n) is 5.18. The number of amides is 1. The summed E-state index contributed by atoms with van der Waals surface area (Å²) in [5.74, 6) is 1.76. The van der Waals surface area contributed by atoms with Crippen molar-refractivity contribution >= 4 is 17.7 Å². The van der Waals surface area contributed by atoms with Crippen LogP contribution >= 0.6 is 11.8 Å². The summed E-state index contributed by atoms with van der Waals surface area (Å²) in [6, 6.07) is 0.680. The van der Waals surface area contributed by atoms with Crippen molar-refractivity contribution < 1.29 is 9.21 Å². The molecule has 0 spiro atoms. The van der Waals surface area contributed by atoms with E-state index < -0.39 is 0 Å². The van der Waals surface area contributed by atoms with Gasteiger partial charge in [-0.2, -0.15) is 0 Å². The molecule has 1 aliphatic heterocycles. The first-order valence-corrected chi connectivity index (χ1v) is 9.91. The lowest BCUT2D eigenvalue weighted by Crippen LogP contribution is -2.48. The number of aromatic nitrogens is 2. The van der Waals surface area contributed by atoms with Gasteiger partial charge in [0, 0.05) is 18.0 Å². The maximum absolute atomic E-state index is 12.5. The molecule has 1 aliphatic carbocycles. The van der Waals surface area contributed by atoms with Crippen LogP contribution in [-0.4, -0.2) is 38.8 Å². The van der Waals surface area contributed by atoms with Gasteiger partial charge in [-0.15, -0.1) is 10.2 Å². The van der Waals surface area contributed by atoms with Crippen molar-refractivity contribution in [3.8, 4) is 0 Å². The maximum atomic E-state index is 12.5. The molecule has 0 aromatic carbocycles. The molecule has 2 fully saturated rings. The fourth-order valence-electron chi connectivity index (χ4n) is 3.90. The van der Waals surface area contributed by atoms with Crippen LogP contribution in [0.2, 0.25) is 0 Å². The molecular formula is C17H27N3O2S. The first-order valence-electron chi connectivity index (χ1n) is 8.92. The molecule has 1 saturated heterocycles. The molecule has 1 saturated carbocycles. The van der Waals surface area contributed by atoms with Gasteiger partial charge in [-0.1, -0.05) is 31.0 Å². The normalized spacial score (nSPS) is 26.4. The van der Waals surface area contributed by atoms with Crippen LogP contribution in [-0.2, 0) is 4.79 Å². The van der Waals surface area contributed by atoms with Crippen molar-refractivity contribution in [3.63, 3.8) is 0 Å². The van der Waals surface area contributed by atoms with Crippen LogP contribution in [0.15, 0.2) is 9.64 Å². The molecule has 5 nitrogen and oxygen atoms in total. The molecule has 0 N–H and O–H groups in total. The van der Waals surface area contributed by atoms with Crippen molar-refractivity contribution in [1.82, 2.24) is 15.1 Å². The molecule has 0 radical (unpaired) electrons. The van der Waals surface area contributed by atoms with Crippen molar-refractivity contribution in [1.29, 1.82) is 0 Å². The number of thioether (sulfide) groups is 1. The summed E-state index contributed by atoms with van der Waals surface area (Å²) in [5, 5.41) is 8.86. The average Bonchev–Trinajstić information content (AvgIpc) is 3.02. The molecule has 1 amide bonds. The minimum atomic E-state index is 0.187. The Morgan fingerprint density at radius 3 is 2.48 bits per heavy atom. The first-order chi connectivity index (χ1) is 11.1. The van der Waals surface area contributed by atoms with Crippen LogP contribution in [0.4, 0.5) is 0 Å². The van der Waals surface area contributed by atoms with Gasteiger partial charge in [-0.25, -0.2) is 0 Å². The number of nitrogens with zero attached hydrogens (tertiary/aromatic N) is 3. The second-order valence-corrected chi connectivity index (χ2v) is 7.89. The summed E-state index contributed by atoms with van der Waals surface area (Å²) >= 11 is 1.38. The third kappa shape index (κ3) is 4.08. The lowest BCUT2D eigenvalue weighted by molar-refractivity contribution is -0.134. The maximum Gasteiger partial charge on any atom is 0.277 e. The summed E-state index contributed by atoms with van der Waals surface area (Å²) in [6.45, 7) is 4.29. The molecule has 128 valence electrons. The van der Waals surface area contributed by atoms with E-state index in [4.69, 9.17) is 4.42 Å². The Labute approximate surface area is 142 Å². The van der Waals surface area contributed by atoms with E-state index >= 15 is 0 Å². The van der Waals surface area contributed by atoms with Gasteiger partial charge in [0.1, 0.15) is 0 Å². The molecule has 1 aromatic rings. The zero-order valence-corrected chi connectivity index (χ0v) is 15.0. The Bertz CT molecular complexity index is 518. The third-order valence-corrected chi connectivity index (χ3v) is 5.98. The average molecular weight is 337 g/mol. The number of hydrogen-bond acceptors (Lipinski definition) is 5. The van der Waals surface area contributed by atoms with E-state index in [0.717, 1.165) is 31.6 Å². The van der Waals surface area contributed by atoms with Gasteiger partial charge in [-0.3, -0.25) is 4.79 Å². The van der Waals surface area contributed by atoms with Crippen LogP contribution < -0.4 is 0 Å². The predicted octanol–water partition coefficient (Wildman–Crippen LogP) is 4.00. The highest BCUT2D eigenvalue weighted by Gasteiger charge is 2.29. The smallest absolute Gasteiger partial charge is 0.277 e. The largest absolute Gasteiger partial charge is 0.416 e. The first kappa shape index (κ1) is 16.8. The van der Waals surface area contributed by atoms with E-state index in [1.807, 2.05) is 4.90 Å². The Morgan fingerprint density at radius 1 is 1.09 bits per heavy atom. The number of carbonyl (C=O) groups is 1. The molecule has 23 heavy (non-hydrogen) atoms. The van der Waals surface area contributed by atoms with Crippen LogP contribution in [0.5, 0.6) is 0 Å². The van der Waals surface area contributed by atoms with E-state index in [1.165, 1.54) is 37.4 Å². The number of rotatable bonds is 4. The molecule has 6 heteroatoms. The topological polar surface area (TPSA) is 59.2 Å². The van der Waals surface area contributed by atoms with Gasteiger partial charge in [0.25, 0.3) is 5.22 Å². The number of piperidine rings is 1. The Morgan fingerprint density at radius 2 is 1.78 bits per heavy atom. The summed E-state index contributed by atoms with van der Waals surface area (Å²) in [4.78, 5) is 14.6. The van der Waals surface area contributed by atoms with Gasteiger partial charge >= 0.3 is 0 Å². The fraction of sp³-hybridized carbons (Fsp3) is 0.824. The van der Waals surface area contributed by atoms with E-state index in [-0.39, 0.29) is 5.91 Å². The van der Waals surface area contributed by atoms with Crippen molar-refractivity contribution in [2.45, 2.75) is 88.4 Å². The van der Waals surface area contributed by atoms with Gasteiger partial charge in [-0.05, 0) is 46.0 Å². The molecule has 2 heterocycles. The van der Waals surface area contributed by atoms with Crippen LogP contribution in [0.1, 0.15) is 77.0 Å². The second kappa shape index (κ2) is 7.69. The quantitative estimate of drug-likeness (QED) is 0.777. The van der Waals surface area contributed by atoms with Crippen molar-refractivity contribution in [3.05, 3.63) is 5.89 Å². The zero-order chi connectivity index (χ0) is 16.2. The molecule has 3 rings (SSSR count). The van der Waals surface area contributed by atoms with Crippen LogP contribution in [0.25, 0.3) is 0 Å². The highest BCUT2D eigenvalue weighted by atomic mass is 32.2. The van der Waals surface area contributed by atoms with E-state index in [2.05, 4.69) is 24.0 Å². The summed E-state index contributed by atoms with van der Waals surface area (Å²) in [7, 11) is 0. The highest BCUT2D eigenvalue weighted by molar-refractivity contribution is 7.99. The van der Waals surface area contributed by atoms with E-state index in [0.29, 0.717) is 29.0 Å². The lowest BCUT2D eigenvalue weighted by Gasteiger charge is -2.39. The van der Waals surface area contributed by atoms with Crippen LogP contribution in [0, 0.1) is 0 Å². The second-order valence-electron chi connectivity index (χ2n) is 6.96. The SMILES string of the molecule is CC1CCCC(C)N1C(=O)CSc1nnc(C2CCCCC2)o1. The standard InChI is InChI=1S/C17H27N3O2S/c1-12-7-6-8-13(2)20(12)15(21)11-23-17-19-18-16(22-17)14-9-4-3-5-10-14/h12-14H,3-11H2,1-2H3. The number of hydrogen-bond donors (Lipinski definition) is 0. The fourth-order valence-corrected chi connectivity index (χ4v) is 4.54. The molecule has 2 aliphatic rings. The predicted molar refractivity (Wildman–Crippen MR) is 90.5 cm³/mol. The summed E-state index contributed by atoms with van der Waals surface area (Å²) in [6.07, 6.45) is 9.53. The monoisotopic (exact) mass is 337 g/mol. The molecule has 2 atom stereocenters. The summed E-state index contributed by atoms with van der Waals surface area (Å²) < 4.78 is 5.78. The Kier molecular flexibility index (Phi) is 5.62. The molecular weight excluding hydrogens is 310 g/mol. The minimum absolute atomic E-state index is 0.187. The lowest BCUT2D eigenvalue weighted by atomic mass is 9.89. The zero-order valence-electron chi connectivity index (χ0n) is 14.2. The van der Waals surface area contributed by atoms with Crippen molar-refractivity contribution in [2.75, 3.05) is 5.75 Å².